The molecule has 0 radical (unpaired) electrons. The third-order valence-corrected chi connectivity index (χ3v) is 9.82. The second-order valence-corrected chi connectivity index (χ2v) is 12.4. The summed E-state index contributed by atoms with van der Waals surface area (Å²) in [5, 5.41) is 2.59. The van der Waals surface area contributed by atoms with Gasteiger partial charge in [0.05, 0.1) is 17.7 Å². The smallest absolute Gasteiger partial charge is 0.264 e. The Labute approximate surface area is 221 Å². The van der Waals surface area contributed by atoms with Crippen LogP contribution in [0.3, 0.4) is 0 Å². The number of amides is 1. The molecule has 1 saturated heterocycles. The molecule has 1 aliphatic heterocycles. The number of hydrogen-bond donors (Lipinski definition) is 1. The van der Waals surface area contributed by atoms with Gasteiger partial charge in [-0.25, -0.2) is 21.2 Å². The summed E-state index contributed by atoms with van der Waals surface area (Å²) >= 11 is 0. The Bertz CT molecular complexity index is 1490. The number of anilines is 2. The molecule has 3 aromatic rings. The number of nitrogens with one attached hydrogen (secondary N) is 1. The molecule has 1 fully saturated rings. The molecule has 0 aliphatic carbocycles. The van der Waals surface area contributed by atoms with Crippen LogP contribution in [-0.4, -0.2) is 53.8 Å². The first-order valence-corrected chi connectivity index (χ1v) is 14.8. The predicted molar refractivity (Wildman–Crippen MR) is 142 cm³/mol. The van der Waals surface area contributed by atoms with E-state index >= 15 is 0 Å². The first-order chi connectivity index (χ1) is 18.1. The highest BCUT2D eigenvalue weighted by molar-refractivity contribution is 7.92. The summed E-state index contributed by atoms with van der Waals surface area (Å²) in [7, 11) is -6.70. The van der Waals surface area contributed by atoms with Gasteiger partial charge in [-0.2, -0.15) is 4.31 Å². The number of rotatable bonds is 9. The number of hydrogen-bond acceptors (Lipinski definition) is 6. The van der Waals surface area contributed by atoms with Crippen LogP contribution in [0.15, 0.2) is 82.6 Å². The van der Waals surface area contributed by atoms with Gasteiger partial charge in [0.2, 0.25) is 15.9 Å². The van der Waals surface area contributed by atoms with E-state index in [1.165, 1.54) is 53.9 Å². The molecule has 9 nitrogen and oxygen atoms in total. The van der Waals surface area contributed by atoms with Gasteiger partial charge in [0.1, 0.15) is 23.0 Å². The van der Waals surface area contributed by atoms with Gasteiger partial charge in [-0.05, 0) is 67.4 Å². The summed E-state index contributed by atoms with van der Waals surface area (Å²) in [6, 6.07) is 16.5. The molecule has 3 aromatic carbocycles. The van der Waals surface area contributed by atoms with Crippen molar-refractivity contribution in [2.45, 2.75) is 29.1 Å². The minimum absolute atomic E-state index is 0.0449. The fourth-order valence-corrected chi connectivity index (χ4v) is 7.31. The number of nitrogens with zero attached hydrogens (tertiary/aromatic N) is 2. The van der Waals surface area contributed by atoms with Crippen LogP contribution in [0.25, 0.3) is 0 Å². The summed E-state index contributed by atoms with van der Waals surface area (Å²) in [4.78, 5) is 12.9. The largest absolute Gasteiger partial charge is 0.495 e. The van der Waals surface area contributed by atoms with Crippen molar-refractivity contribution in [2.24, 2.45) is 0 Å². The lowest BCUT2D eigenvalue weighted by atomic mass is 10.2. The van der Waals surface area contributed by atoms with Crippen LogP contribution in [0.5, 0.6) is 5.75 Å². The van der Waals surface area contributed by atoms with Crippen molar-refractivity contribution in [3.63, 3.8) is 0 Å². The number of halogens is 1. The van der Waals surface area contributed by atoms with E-state index in [0.717, 1.165) is 35.7 Å². The highest BCUT2D eigenvalue weighted by Gasteiger charge is 2.30. The van der Waals surface area contributed by atoms with Crippen LogP contribution in [0, 0.1) is 5.82 Å². The molecule has 38 heavy (non-hydrogen) atoms. The molecule has 1 aliphatic rings. The average Bonchev–Trinajstić information content (AvgIpc) is 2.93. The lowest BCUT2D eigenvalue weighted by Gasteiger charge is -2.27. The van der Waals surface area contributed by atoms with Gasteiger partial charge in [0.15, 0.2) is 0 Å². The summed E-state index contributed by atoms with van der Waals surface area (Å²) < 4.78 is 74.5. The monoisotopic (exact) mass is 561 g/mol. The fraction of sp³-hybridized carbons (Fsp3) is 0.269. The second-order valence-electron chi connectivity index (χ2n) is 8.68. The van der Waals surface area contributed by atoms with E-state index in [-0.39, 0.29) is 26.9 Å². The van der Waals surface area contributed by atoms with Gasteiger partial charge >= 0.3 is 0 Å². The van der Waals surface area contributed by atoms with Crippen LogP contribution in [0.2, 0.25) is 0 Å². The molecule has 0 atom stereocenters. The second kappa shape index (κ2) is 11.5. The summed E-state index contributed by atoms with van der Waals surface area (Å²) in [6.07, 6.45) is 2.47. The predicted octanol–water partition coefficient (Wildman–Crippen LogP) is 3.84. The Morgan fingerprint density at radius 1 is 0.947 bits per heavy atom. The van der Waals surface area contributed by atoms with Crippen LogP contribution in [0.1, 0.15) is 19.3 Å². The number of methoxy groups -OCH3 is 1. The average molecular weight is 562 g/mol. The third-order valence-electron chi connectivity index (χ3n) is 6.11. The maximum atomic E-state index is 13.5. The molecule has 0 unspecified atom stereocenters. The van der Waals surface area contributed by atoms with Crippen LogP contribution in [-0.2, 0) is 24.8 Å². The molecule has 1 amide bonds. The fourth-order valence-electron chi connectivity index (χ4n) is 4.17. The molecule has 1 N–H and O–H groups in total. The first kappa shape index (κ1) is 27.6. The van der Waals surface area contributed by atoms with Crippen LogP contribution < -0.4 is 14.4 Å². The number of ether oxygens (including phenoxy) is 1. The van der Waals surface area contributed by atoms with E-state index in [9.17, 15) is 26.0 Å². The van der Waals surface area contributed by atoms with Gasteiger partial charge in [0.25, 0.3) is 10.0 Å². The zero-order valence-corrected chi connectivity index (χ0v) is 22.3. The highest BCUT2D eigenvalue weighted by atomic mass is 32.2. The molecule has 0 aromatic heterocycles. The lowest BCUT2D eigenvalue weighted by Crippen LogP contribution is -2.38. The molecule has 0 bridgehead atoms. The maximum absolute atomic E-state index is 13.5. The molecule has 1 heterocycles. The van der Waals surface area contributed by atoms with E-state index < -0.39 is 38.3 Å². The van der Waals surface area contributed by atoms with Crippen molar-refractivity contribution < 1.29 is 30.8 Å². The van der Waals surface area contributed by atoms with E-state index in [1.54, 1.807) is 18.2 Å². The lowest BCUT2D eigenvalue weighted by molar-refractivity contribution is -0.114. The summed E-state index contributed by atoms with van der Waals surface area (Å²) in [6.45, 7) is 0.154. The number of piperidine rings is 1. The number of carbonyl (C=O) groups is 1. The topological polar surface area (TPSA) is 113 Å². The maximum Gasteiger partial charge on any atom is 0.264 e. The minimum Gasteiger partial charge on any atom is -0.495 e. The van der Waals surface area contributed by atoms with E-state index in [1.807, 2.05) is 0 Å². The summed E-state index contributed by atoms with van der Waals surface area (Å²) in [5.74, 6) is -1.15. The van der Waals surface area contributed by atoms with Crippen molar-refractivity contribution in [2.75, 3.05) is 36.4 Å². The zero-order chi connectivity index (χ0) is 27.3. The SMILES string of the molecule is COc1ccc(NC(=O)CN(c2ccc(F)cc2)S(=O)(=O)c2ccccc2)cc1S(=O)(=O)N1CCCCC1. The minimum atomic E-state index is -4.18. The number of benzene rings is 3. The third kappa shape index (κ3) is 5.98. The molecule has 0 spiro atoms. The van der Waals surface area contributed by atoms with Gasteiger partial charge in [-0.15, -0.1) is 0 Å². The van der Waals surface area contributed by atoms with Crippen molar-refractivity contribution in [3.05, 3.63) is 78.6 Å². The van der Waals surface area contributed by atoms with Gasteiger partial charge < -0.3 is 10.1 Å². The van der Waals surface area contributed by atoms with Gasteiger partial charge in [0, 0.05) is 18.8 Å². The van der Waals surface area contributed by atoms with Crippen molar-refractivity contribution in [3.8, 4) is 5.75 Å². The molecule has 0 saturated carbocycles. The molecular weight excluding hydrogens is 533 g/mol. The first-order valence-electron chi connectivity index (χ1n) is 11.9. The van der Waals surface area contributed by atoms with Gasteiger partial charge in [-0.1, -0.05) is 24.6 Å². The Morgan fingerprint density at radius 2 is 1.61 bits per heavy atom. The Hall–Kier alpha value is -3.48. The zero-order valence-electron chi connectivity index (χ0n) is 20.7. The standard InChI is InChI=1S/C26H28FN3O6S2/c1-36-24-15-12-21(18-25(24)38(34,35)29-16-6-3-7-17-29)28-26(31)19-30(22-13-10-20(27)11-14-22)37(32,33)23-8-4-2-5-9-23/h2,4-5,8-15,18H,3,6-7,16-17,19H2,1H3,(H,28,31). The Balaban J connectivity index is 1.62. The quantitative estimate of drug-likeness (QED) is 0.425. The number of sulfonamides is 2. The van der Waals surface area contributed by atoms with Crippen molar-refractivity contribution >= 4 is 37.3 Å². The Morgan fingerprint density at radius 3 is 2.24 bits per heavy atom. The Kier molecular flexibility index (Phi) is 8.34. The van der Waals surface area contributed by atoms with Crippen molar-refractivity contribution in [1.82, 2.24) is 4.31 Å². The van der Waals surface area contributed by atoms with E-state index in [2.05, 4.69) is 5.32 Å². The van der Waals surface area contributed by atoms with Crippen LogP contribution in [0.4, 0.5) is 15.8 Å². The highest BCUT2D eigenvalue weighted by Crippen LogP contribution is 2.31. The molecule has 12 heteroatoms. The summed E-state index contributed by atoms with van der Waals surface area (Å²) in [5.41, 5.74) is 0.246. The number of carbonyl (C=O) groups excluding carboxylic acids is 1. The van der Waals surface area contributed by atoms with E-state index in [4.69, 9.17) is 4.74 Å². The van der Waals surface area contributed by atoms with E-state index in [0.29, 0.717) is 13.1 Å². The normalized spacial score (nSPS) is 14.6. The van der Waals surface area contributed by atoms with Crippen LogP contribution >= 0.6 is 0 Å². The molecule has 4 rings (SSSR count). The van der Waals surface area contributed by atoms with Gasteiger partial charge in [-0.3, -0.25) is 9.10 Å². The van der Waals surface area contributed by atoms with Crippen molar-refractivity contribution in [1.29, 1.82) is 0 Å². The molecular formula is C26H28FN3O6S2. The molecule has 202 valence electrons.